The predicted octanol–water partition coefficient (Wildman–Crippen LogP) is 25.6. The van der Waals surface area contributed by atoms with Gasteiger partial charge in [-0.3, -0.25) is 49.5 Å². The molecule has 0 saturated heterocycles. The van der Waals surface area contributed by atoms with Crippen molar-refractivity contribution in [1.82, 2.24) is 31.1 Å². The highest BCUT2D eigenvalue weighted by atomic mass is 35.5. The molecule has 5 aliphatic heterocycles. The fourth-order valence-electron chi connectivity index (χ4n) is 17.6. The SMILES string of the molecule is CC(=O)CC1N=C(c2ccc(C)cc2)c2ccccc2-c2c(C)noc21.CC(=O)CC1N=C(c2ccc(F)cc2)c2ccccc2-c2c(C)noc21.CCOC(=O)N[C@H]1N=C(c2ccc(Cl)cc2)c2ccccc2-c2c(C)noc21.[C-]#[N+]c1ccc(C2=NC(CC(=O)CC(C)C)c3onc(C)c3-c3ccccc32)cc1.[C-]#[N+]c1ccc(C2=NC(CC(C)=O)c3onc(C)c3-c3ccccc32)cc1. The number of halogens is 2. The van der Waals surface area contributed by atoms with Crippen LogP contribution in [0, 0.1) is 66.4 Å². The zero-order chi connectivity index (χ0) is 96.4. The summed E-state index contributed by atoms with van der Waals surface area (Å²) in [7, 11) is 0. The molecule has 1 N–H and O–H groups in total. The van der Waals surface area contributed by atoms with Crippen molar-refractivity contribution in [3.05, 3.63) is 395 Å². The van der Waals surface area contributed by atoms with Crippen LogP contribution >= 0.6 is 11.6 Å². The Morgan fingerprint density at radius 1 is 0.372 bits per heavy atom. The van der Waals surface area contributed by atoms with E-state index in [4.69, 9.17) is 77.1 Å². The molecular weight excluding hydrogens is 1750 g/mol. The smallest absolute Gasteiger partial charge is 0.409 e. The van der Waals surface area contributed by atoms with Crippen LogP contribution in [0.25, 0.3) is 65.3 Å². The molecule has 1 amide bonds. The summed E-state index contributed by atoms with van der Waals surface area (Å²) in [4.78, 5) is 91.9. The van der Waals surface area contributed by atoms with Gasteiger partial charge in [-0.1, -0.05) is 263 Å². The quantitative estimate of drug-likeness (QED) is 0.0828. The average molecular weight is 1840 g/mol. The normalized spacial score (nSPS) is 15.3. The summed E-state index contributed by atoms with van der Waals surface area (Å²) >= 11 is 6.05. The van der Waals surface area contributed by atoms with Crippen LogP contribution in [0.2, 0.25) is 5.02 Å². The van der Waals surface area contributed by atoms with E-state index in [1.807, 2.05) is 206 Å². The fraction of sp³-hybridized carbons (Fsp3) is 0.216. The maximum absolute atomic E-state index is 13.4. The predicted molar refractivity (Wildman–Crippen MR) is 525 cm³/mol. The van der Waals surface area contributed by atoms with Crippen LogP contribution in [0.4, 0.5) is 20.6 Å². The average Bonchev–Trinajstić information content (AvgIpc) is 1.64. The number of hydrogen-bond donors (Lipinski definition) is 1. The van der Waals surface area contributed by atoms with Crippen LogP contribution in [0.1, 0.15) is 222 Å². The molecule has 0 bridgehead atoms. The van der Waals surface area contributed by atoms with Gasteiger partial charge in [0.25, 0.3) is 0 Å². The zero-order valence-corrected chi connectivity index (χ0v) is 78.2. The van der Waals surface area contributed by atoms with Crippen LogP contribution < -0.4 is 5.32 Å². The molecule has 5 aliphatic rings. The minimum Gasteiger partial charge on any atom is -0.450 e. The van der Waals surface area contributed by atoms with E-state index in [9.17, 15) is 28.4 Å². The van der Waals surface area contributed by atoms with Gasteiger partial charge in [-0.25, -0.2) is 18.9 Å². The van der Waals surface area contributed by atoms with Crippen molar-refractivity contribution in [2.24, 2.45) is 30.9 Å². The lowest BCUT2D eigenvalue weighted by atomic mass is 9.92. The molecule has 4 unspecified atom stereocenters. The van der Waals surface area contributed by atoms with E-state index in [0.717, 1.165) is 168 Å². The highest BCUT2D eigenvalue weighted by Gasteiger charge is 2.38. The molecular formula is C111H95ClFN13O11. The molecule has 0 fully saturated rings. The zero-order valence-electron chi connectivity index (χ0n) is 77.4. The second kappa shape index (κ2) is 41.5. The van der Waals surface area contributed by atoms with E-state index in [1.165, 1.54) is 24.6 Å². The van der Waals surface area contributed by atoms with E-state index >= 15 is 0 Å². The summed E-state index contributed by atoms with van der Waals surface area (Å²) in [5, 5.41) is 24.1. The second-order valence-electron chi connectivity index (χ2n) is 34.2. The number of aliphatic imine (C=N–C) groups is 5. The van der Waals surface area contributed by atoms with Crippen LogP contribution in [0.3, 0.4) is 0 Å². The van der Waals surface area contributed by atoms with E-state index < -0.39 is 30.4 Å². The Morgan fingerprint density at radius 3 is 0.927 bits per heavy atom. The van der Waals surface area contributed by atoms with Crippen molar-refractivity contribution >= 4 is 80.8 Å². The van der Waals surface area contributed by atoms with Crippen LogP contribution in [0.15, 0.2) is 290 Å². The Hall–Kier alpha value is -16.3. The van der Waals surface area contributed by atoms with Crippen molar-refractivity contribution in [1.29, 1.82) is 0 Å². The molecule has 10 aromatic carbocycles. The van der Waals surface area contributed by atoms with Gasteiger partial charge in [0, 0.05) is 81.6 Å². The molecule has 684 valence electrons. The summed E-state index contributed by atoms with van der Waals surface area (Å²) in [5.41, 5.74) is 28.9. The number of fused-ring (bicyclic) bond motifs is 15. The number of aryl methyl sites for hydroxylation is 6. The van der Waals surface area contributed by atoms with E-state index in [-0.39, 0.29) is 60.9 Å². The third-order valence-electron chi connectivity index (χ3n) is 23.7. The first-order valence-electron chi connectivity index (χ1n) is 44.9. The molecule has 5 atom stereocenters. The number of nitrogens with one attached hydrogen (secondary N) is 1. The van der Waals surface area contributed by atoms with Crippen molar-refractivity contribution in [2.45, 2.75) is 146 Å². The van der Waals surface area contributed by atoms with Gasteiger partial charge in [-0.05, 0) is 150 Å². The first-order valence-corrected chi connectivity index (χ1v) is 45.3. The van der Waals surface area contributed by atoms with Crippen LogP contribution in [0.5, 0.6) is 0 Å². The topological polar surface area (TPSA) is 307 Å². The molecule has 10 heterocycles. The van der Waals surface area contributed by atoms with Gasteiger partial charge in [-0.15, -0.1) is 0 Å². The monoisotopic (exact) mass is 1840 g/mol. The fourth-order valence-corrected chi connectivity index (χ4v) is 17.7. The number of ether oxygens (including phenoxy) is 1. The number of benzene rings is 10. The third-order valence-corrected chi connectivity index (χ3v) is 23.9. The molecule has 24 nitrogen and oxygen atoms in total. The Balaban J connectivity index is 0.000000124. The Labute approximate surface area is 796 Å². The first kappa shape index (κ1) is 94.0. The number of Topliss-reactive ketones (excluding diaryl/α,β-unsaturated/α-hetero) is 4. The van der Waals surface area contributed by atoms with Crippen molar-refractivity contribution < 1.29 is 55.7 Å². The third kappa shape index (κ3) is 20.5. The maximum Gasteiger partial charge on any atom is 0.409 e. The minimum atomic E-state index is -0.770. The number of carbonyl (C=O) groups excluding carboxylic acids is 5. The highest BCUT2D eigenvalue weighted by molar-refractivity contribution is 6.31. The lowest BCUT2D eigenvalue weighted by Crippen LogP contribution is -2.28. The van der Waals surface area contributed by atoms with Gasteiger partial charge in [0.2, 0.25) is 0 Å². The van der Waals surface area contributed by atoms with Gasteiger partial charge >= 0.3 is 6.09 Å². The van der Waals surface area contributed by atoms with Crippen LogP contribution in [-0.4, -0.2) is 90.2 Å². The molecule has 20 rings (SSSR count). The molecule has 5 aromatic heterocycles. The number of amides is 1. The summed E-state index contributed by atoms with van der Waals surface area (Å²) < 4.78 is 46.5. The maximum atomic E-state index is 13.4. The lowest BCUT2D eigenvalue weighted by molar-refractivity contribution is -0.120. The Bertz CT molecular complexity index is 7220. The summed E-state index contributed by atoms with van der Waals surface area (Å²) in [6, 6.07) is 75.0. The molecule has 0 radical (unpaired) electrons. The standard InChI is InChI=1S/C25H23N3O2.C22H17N3O2.C22H20N2O2.C21H18ClN3O3.C21H17FN2O2/c1-15(2)13-19(29)14-22-25-23(16(3)28-30-25)20-7-5-6-8-21(20)24(27-22)17-9-11-18(26-4)12-10-17;1-13(26)12-19-22-20(14(2)25-27-22)17-6-4-5-7-18(17)21(24-19)15-8-10-16(23-3)11-9-15;1-13-8-10-16(11-9-13)21-18-7-5-4-6-17(18)20-15(3)24-26-22(20)19(23-21)12-14(2)25;1-3-27-21(26)24-20-19-17(12(2)25-28-19)15-6-4-5-7-16(15)18(23-20)13-8-10-14(22)11-9-13;1-12(25)11-18-21-19(13(2)24-26-21)16-5-3-4-6-17(16)20(23-18)14-7-9-15(22)10-8-14/h5-12,15,22H,13-14H2,1-3H3;4-11,19H,12H2,1-2H3;4-11,19H,12H2,1-3H3;4-11,20H,3H2,1-2H3,(H,24,26);3-10,18H,11H2,1-2H3/t;;;20-;/m...1./s1. The molecule has 0 aliphatic carbocycles. The van der Waals surface area contributed by atoms with Gasteiger partial charge < -0.3 is 27.4 Å². The number of nitrogens with zero attached hydrogens (tertiary/aromatic N) is 12. The number of hydrogen-bond acceptors (Lipinski definition) is 21. The minimum absolute atomic E-state index is 0.0168. The van der Waals surface area contributed by atoms with Crippen molar-refractivity contribution in [3.8, 4) is 55.6 Å². The van der Waals surface area contributed by atoms with Gasteiger partial charge in [0.1, 0.15) is 53.1 Å². The highest BCUT2D eigenvalue weighted by Crippen LogP contribution is 2.48. The van der Waals surface area contributed by atoms with E-state index in [0.29, 0.717) is 64.0 Å². The number of aromatic nitrogens is 5. The number of ketones is 4. The number of alkyl carbamates (subject to hydrolysis) is 1. The number of rotatable bonds is 17. The van der Waals surface area contributed by atoms with Crippen molar-refractivity contribution in [3.63, 3.8) is 0 Å². The summed E-state index contributed by atoms with van der Waals surface area (Å²) in [5.74, 6) is 3.30. The van der Waals surface area contributed by atoms with Crippen molar-refractivity contribution in [2.75, 3.05) is 6.61 Å². The molecule has 137 heavy (non-hydrogen) atoms. The van der Waals surface area contributed by atoms with E-state index in [1.54, 1.807) is 57.2 Å². The van der Waals surface area contributed by atoms with Gasteiger partial charge in [0.15, 0.2) is 46.3 Å². The first-order chi connectivity index (χ1) is 66.2. The van der Waals surface area contributed by atoms with Gasteiger partial charge in [-0.2, -0.15) is 0 Å². The summed E-state index contributed by atoms with van der Waals surface area (Å²) in [6.45, 7) is 36.7. The summed E-state index contributed by atoms with van der Waals surface area (Å²) in [6.07, 6.45) is 0.212. The molecule has 0 spiro atoms. The lowest BCUT2D eigenvalue weighted by Gasteiger charge is -2.13. The largest absolute Gasteiger partial charge is 0.450 e. The molecule has 15 aromatic rings. The van der Waals surface area contributed by atoms with Gasteiger partial charge in [0.05, 0.1) is 105 Å². The molecule has 26 heteroatoms. The Kier molecular flexibility index (Phi) is 28.5. The number of carbonyl (C=O) groups is 5. The Morgan fingerprint density at radius 2 is 0.635 bits per heavy atom. The second-order valence-corrected chi connectivity index (χ2v) is 34.7. The van der Waals surface area contributed by atoms with Crippen LogP contribution in [-0.2, 0) is 23.9 Å². The molecule has 0 saturated carbocycles. The van der Waals surface area contributed by atoms with E-state index in [2.05, 4.69) is 84.1 Å².